The van der Waals surface area contributed by atoms with Gasteiger partial charge in [0.2, 0.25) is 0 Å². The molecule has 2 aromatic rings. The highest BCUT2D eigenvalue weighted by Gasteiger charge is 2.21. The number of ether oxygens (including phenoxy) is 1. The van der Waals surface area contributed by atoms with Gasteiger partial charge in [-0.25, -0.2) is 0 Å². The number of anilines is 1. The topological polar surface area (TPSA) is 38.3 Å². The molecule has 1 N–H and O–H groups in total. The van der Waals surface area contributed by atoms with E-state index in [-0.39, 0.29) is 11.7 Å². The number of amides is 1. The van der Waals surface area contributed by atoms with E-state index in [4.69, 9.17) is 16.3 Å². The molecule has 0 radical (unpaired) electrons. The van der Waals surface area contributed by atoms with Crippen LogP contribution in [0.1, 0.15) is 5.56 Å². The zero-order valence-electron chi connectivity index (χ0n) is 9.89. The molecule has 0 unspecified atom stereocenters. The van der Waals surface area contributed by atoms with E-state index in [1.54, 1.807) is 24.3 Å². The van der Waals surface area contributed by atoms with Crippen molar-refractivity contribution in [1.29, 1.82) is 0 Å². The Morgan fingerprint density at radius 1 is 1.11 bits per heavy atom. The summed E-state index contributed by atoms with van der Waals surface area (Å²) in [5, 5.41) is 3.31. The third kappa shape index (κ3) is 2.46. The van der Waals surface area contributed by atoms with Gasteiger partial charge in [-0.15, -0.1) is 0 Å². The molecule has 1 aliphatic rings. The van der Waals surface area contributed by atoms with Crippen molar-refractivity contribution in [3.05, 3.63) is 64.9 Å². The molecule has 19 heavy (non-hydrogen) atoms. The lowest BCUT2D eigenvalue weighted by Crippen LogP contribution is -2.23. The maximum Gasteiger partial charge on any atom is 0.291 e. The summed E-state index contributed by atoms with van der Waals surface area (Å²) >= 11 is 5.87. The van der Waals surface area contributed by atoms with Crippen LogP contribution in [0.15, 0.2) is 54.3 Å². The first-order valence-corrected chi connectivity index (χ1v) is 6.16. The van der Waals surface area contributed by atoms with Gasteiger partial charge < -0.3 is 10.1 Å². The second-order valence-electron chi connectivity index (χ2n) is 4.12. The Hall–Kier alpha value is -2.26. The van der Waals surface area contributed by atoms with Crippen LogP contribution < -0.4 is 10.1 Å². The number of carbonyl (C=O) groups is 1. The predicted molar refractivity (Wildman–Crippen MR) is 75.1 cm³/mol. The Labute approximate surface area is 115 Å². The quantitative estimate of drug-likeness (QED) is 0.803. The highest BCUT2D eigenvalue weighted by molar-refractivity contribution is 6.31. The lowest BCUT2D eigenvalue weighted by molar-refractivity contribution is -0.115. The molecule has 94 valence electrons. The van der Waals surface area contributed by atoms with Gasteiger partial charge in [-0.3, -0.25) is 4.79 Å². The third-order valence-corrected chi connectivity index (χ3v) is 2.97. The summed E-state index contributed by atoms with van der Waals surface area (Å²) in [7, 11) is 0. The molecular weight excluding hydrogens is 262 g/mol. The molecule has 0 atom stereocenters. The van der Waals surface area contributed by atoms with Crippen molar-refractivity contribution < 1.29 is 9.53 Å². The molecular formula is C15H10ClNO2. The van der Waals surface area contributed by atoms with Gasteiger partial charge in [-0.1, -0.05) is 41.9 Å². The lowest BCUT2D eigenvalue weighted by Gasteiger charge is -2.19. The summed E-state index contributed by atoms with van der Waals surface area (Å²) in [6.45, 7) is 0. The molecule has 0 aliphatic carbocycles. The molecule has 3 rings (SSSR count). The first-order chi connectivity index (χ1) is 9.22. The van der Waals surface area contributed by atoms with Gasteiger partial charge in [0.25, 0.3) is 5.91 Å². The molecule has 1 amide bonds. The molecule has 1 heterocycles. The minimum atomic E-state index is -0.279. The van der Waals surface area contributed by atoms with Crippen molar-refractivity contribution in [2.24, 2.45) is 0 Å². The maximum atomic E-state index is 11.9. The second kappa shape index (κ2) is 4.78. The number of nitrogens with one attached hydrogen (secondary N) is 1. The zero-order valence-corrected chi connectivity index (χ0v) is 10.6. The SMILES string of the molecule is O=C1Nc2cc(Cl)ccc2O/C1=C/c1ccccc1. The van der Waals surface area contributed by atoms with E-state index in [1.807, 2.05) is 30.3 Å². The Kier molecular flexibility index (Phi) is 2.97. The average molecular weight is 272 g/mol. The number of carbonyl (C=O) groups excluding carboxylic acids is 1. The van der Waals surface area contributed by atoms with E-state index in [1.165, 1.54) is 0 Å². The van der Waals surface area contributed by atoms with Crippen LogP contribution in [0.4, 0.5) is 5.69 Å². The normalized spacial score (nSPS) is 15.6. The van der Waals surface area contributed by atoms with Crippen molar-refractivity contribution in [3.8, 4) is 5.75 Å². The summed E-state index contributed by atoms with van der Waals surface area (Å²) in [5.41, 5.74) is 1.49. The van der Waals surface area contributed by atoms with Gasteiger partial charge in [0.05, 0.1) is 5.69 Å². The van der Waals surface area contributed by atoms with Crippen molar-refractivity contribution in [2.45, 2.75) is 0 Å². The first kappa shape index (κ1) is 11.8. The number of benzene rings is 2. The van der Waals surface area contributed by atoms with Crippen molar-refractivity contribution in [2.75, 3.05) is 5.32 Å². The monoisotopic (exact) mass is 271 g/mol. The summed E-state index contributed by atoms with van der Waals surface area (Å²) in [6, 6.07) is 14.6. The molecule has 0 saturated carbocycles. The number of fused-ring (bicyclic) bond motifs is 1. The van der Waals surface area contributed by atoms with Gasteiger partial charge in [0.15, 0.2) is 11.5 Å². The number of hydrogen-bond donors (Lipinski definition) is 1. The van der Waals surface area contributed by atoms with Crippen molar-refractivity contribution >= 4 is 29.3 Å². The smallest absolute Gasteiger partial charge is 0.291 e. The van der Waals surface area contributed by atoms with Crippen LogP contribution in [0, 0.1) is 0 Å². The maximum absolute atomic E-state index is 11.9. The minimum absolute atomic E-state index is 0.265. The van der Waals surface area contributed by atoms with E-state index < -0.39 is 0 Å². The second-order valence-corrected chi connectivity index (χ2v) is 4.55. The lowest BCUT2D eigenvalue weighted by atomic mass is 10.2. The molecule has 0 bridgehead atoms. The van der Waals surface area contributed by atoms with Gasteiger partial charge in [0.1, 0.15) is 0 Å². The number of halogens is 1. The fourth-order valence-corrected chi connectivity index (χ4v) is 2.01. The van der Waals surface area contributed by atoms with Crippen LogP contribution in [0.2, 0.25) is 5.02 Å². The average Bonchev–Trinajstić information content (AvgIpc) is 2.41. The summed E-state index contributed by atoms with van der Waals surface area (Å²) < 4.78 is 5.59. The van der Waals surface area contributed by atoms with E-state index >= 15 is 0 Å². The summed E-state index contributed by atoms with van der Waals surface area (Å²) in [5.74, 6) is 0.575. The minimum Gasteiger partial charge on any atom is -0.449 e. The van der Waals surface area contributed by atoms with E-state index in [0.29, 0.717) is 16.5 Å². The Balaban J connectivity index is 1.96. The molecule has 1 aliphatic heterocycles. The largest absolute Gasteiger partial charge is 0.449 e. The Morgan fingerprint density at radius 2 is 1.89 bits per heavy atom. The molecule has 4 heteroatoms. The number of hydrogen-bond acceptors (Lipinski definition) is 2. The van der Waals surface area contributed by atoms with Gasteiger partial charge in [0, 0.05) is 5.02 Å². The fourth-order valence-electron chi connectivity index (χ4n) is 1.83. The predicted octanol–water partition coefficient (Wildman–Crippen LogP) is 3.71. The molecule has 2 aromatic carbocycles. The number of rotatable bonds is 1. The Bertz CT molecular complexity index is 665. The fraction of sp³-hybridized carbons (Fsp3) is 0. The first-order valence-electron chi connectivity index (χ1n) is 5.78. The van der Waals surface area contributed by atoms with E-state index in [9.17, 15) is 4.79 Å². The Morgan fingerprint density at radius 3 is 2.68 bits per heavy atom. The molecule has 0 spiro atoms. The van der Waals surface area contributed by atoms with Gasteiger partial charge >= 0.3 is 0 Å². The van der Waals surface area contributed by atoms with Crippen molar-refractivity contribution in [3.63, 3.8) is 0 Å². The molecule has 0 saturated heterocycles. The van der Waals surface area contributed by atoms with Crippen LogP contribution in [0.3, 0.4) is 0 Å². The summed E-state index contributed by atoms with van der Waals surface area (Å²) in [6.07, 6.45) is 1.70. The highest BCUT2D eigenvalue weighted by atomic mass is 35.5. The van der Waals surface area contributed by atoms with Crippen LogP contribution >= 0.6 is 11.6 Å². The highest BCUT2D eigenvalue weighted by Crippen LogP contribution is 2.33. The van der Waals surface area contributed by atoms with E-state index in [0.717, 1.165) is 5.56 Å². The van der Waals surface area contributed by atoms with Crippen LogP contribution in [0.25, 0.3) is 6.08 Å². The zero-order chi connectivity index (χ0) is 13.2. The summed E-state index contributed by atoms with van der Waals surface area (Å²) in [4.78, 5) is 11.9. The standard InChI is InChI=1S/C15H10ClNO2/c16-11-6-7-13-12(9-11)17-15(18)14(19-13)8-10-4-2-1-3-5-10/h1-9H,(H,17,18)/b14-8+. The van der Waals surface area contributed by atoms with Gasteiger partial charge in [-0.05, 0) is 29.8 Å². The molecule has 0 aromatic heterocycles. The van der Waals surface area contributed by atoms with Crippen LogP contribution in [-0.2, 0) is 4.79 Å². The van der Waals surface area contributed by atoms with Crippen molar-refractivity contribution in [1.82, 2.24) is 0 Å². The molecule has 3 nitrogen and oxygen atoms in total. The van der Waals surface area contributed by atoms with Gasteiger partial charge in [-0.2, -0.15) is 0 Å². The third-order valence-electron chi connectivity index (χ3n) is 2.73. The molecule has 0 fully saturated rings. The van der Waals surface area contributed by atoms with Crippen LogP contribution in [0.5, 0.6) is 5.75 Å². The van der Waals surface area contributed by atoms with E-state index in [2.05, 4.69) is 5.32 Å². The van der Waals surface area contributed by atoms with Crippen LogP contribution in [-0.4, -0.2) is 5.91 Å².